The predicted octanol–water partition coefficient (Wildman–Crippen LogP) is 2.59. The van der Waals surface area contributed by atoms with Gasteiger partial charge in [-0.25, -0.2) is 0 Å². The number of fused-ring (bicyclic) bond motifs is 1. The van der Waals surface area contributed by atoms with Crippen molar-refractivity contribution in [1.29, 1.82) is 0 Å². The number of pyridine rings is 1. The van der Waals surface area contributed by atoms with Crippen LogP contribution in [0.25, 0.3) is 22.4 Å². The summed E-state index contributed by atoms with van der Waals surface area (Å²) < 4.78 is 5.11. The Morgan fingerprint density at radius 2 is 2.12 bits per heavy atom. The van der Waals surface area contributed by atoms with E-state index in [0.717, 1.165) is 16.5 Å². The van der Waals surface area contributed by atoms with Crippen LogP contribution in [0.2, 0.25) is 0 Å². The smallest absolute Gasteiger partial charge is 0.257 e. The third kappa shape index (κ3) is 1.44. The Bertz CT molecular complexity index is 645. The molecule has 0 fully saturated rings. The molecule has 78 valence electrons. The summed E-state index contributed by atoms with van der Waals surface area (Å²) in [5.41, 5.74) is 1.82. The van der Waals surface area contributed by atoms with Crippen molar-refractivity contribution in [2.75, 3.05) is 0 Å². The molecule has 3 aromatic rings. The van der Waals surface area contributed by atoms with Crippen molar-refractivity contribution in [3.63, 3.8) is 0 Å². The van der Waals surface area contributed by atoms with Gasteiger partial charge >= 0.3 is 0 Å². The predicted molar refractivity (Wildman–Crippen MR) is 59.8 cm³/mol. The molecule has 0 bridgehead atoms. The number of benzene rings is 1. The van der Waals surface area contributed by atoms with Crippen LogP contribution < -0.4 is 0 Å². The van der Waals surface area contributed by atoms with E-state index in [1.54, 1.807) is 13.1 Å². The normalized spacial score (nSPS) is 10.8. The lowest BCUT2D eigenvalue weighted by molar-refractivity contribution is 0.425. The number of aryl methyl sites for hydroxylation is 1. The fraction of sp³-hybridized carbons (Fsp3) is 0.0833. The molecule has 2 heterocycles. The van der Waals surface area contributed by atoms with E-state index in [9.17, 15) is 0 Å². The molecule has 0 spiro atoms. The molecule has 3 rings (SSSR count). The second kappa shape index (κ2) is 3.41. The summed E-state index contributed by atoms with van der Waals surface area (Å²) in [6, 6.07) is 9.83. The zero-order valence-electron chi connectivity index (χ0n) is 8.71. The van der Waals surface area contributed by atoms with E-state index >= 15 is 0 Å². The summed E-state index contributed by atoms with van der Waals surface area (Å²) in [6.45, 7) is 1.80. The standard InChI is InChI=1S/C12H9N3O/c1-8-14-12(16-15-8)10-5-4-9-3-2-6-13-11(9)7-10/h2-7H,1H3. The van der Waals surface area contributed by atoms with E-state index < -0.39 is 0 Å². The summed E-state index contributed by atoms with van der Waals surface area (Å²) in [6.07, 6.45) is 1.77. The lowest BCUT2D eigenvalue weighted by Gasteiger charge is -1.97. The summed E-state index contributed by atoms with van der Waals surface area (Å²) in [5.74, 6) is 1.17. The van der Waals surface area contributed by atoms with Gasteiger partial charge in [-0.05, 0) is 25.1 Å². The SMILES string of the molecule is Cc1noc(-c2ccc3cccnc3c2)n1. The van der Waals surface area contributed by atoms with Crippen molar-refractivity contribution >= 4 is 10.9 Å². The minimum atomic E-state index is 0.532. The first kappa shape index (κ1) is 9.03. The molecule has 0 aliphatic carbocycles. The Balaban J connectivity index is 2.18. The minimum absolute atomic E-state index is 0.532. The summed E-state index contributed by atoms with van der Waals surface area (Å²) in [7, 11) is 0. The molecule has 4 heteroatoms. The highest BCUT2D eigenvalue weighted by atomic mass is 16.5. The topological polar surface area (TPSA) is 51.8 Å². The van der Waals surface area contributed by atoms with Crippen molar-refractivity contribution in [1.82, 2.24) is 15.1 Å². The molecule has 0 N–H and O–H groups in total. The van der Waals surface area contributed by atoms with Gasteiger partial charge in [-0.3, -0.25) is 4.98 Å². The number of hydrogen-bond donors (Lipinski definition) is 0. The van der Waals surface area contributed by atoms with E-state index in [0.29, 0.717) is 11.7 Å². The highest BCUT2D eigenvalue weighted by Gasteiger charge is 2.06. The van der Waals surface area contributed by atoms with Crippen LogP contribution in [0, 0.1) is 6.92 Å². The maximum absolute atomic E-state index is 5.11. The highest BCUT2D eigenvalue weighted by molar-refractivity contribution is 5.82. The van der Waals surface area contributed by atoms with Crippen LogP contribution in [0.3, 0.4) is 0 Å². The fourth-order valence-electron chi connectivity index (χ4n) is 1.61. The highest BCUT2D eigenvalue weighted by Crippen LogP contribution is 2.21. The van der Waals surface area contributed by atoms with E-state index in [1.165, 1.54) is 0 Å². The molecule has 0 saturated heterocycles. The average molecular weight is 211 g/mol. The van der Waals surface area contributed by atoms with Gasteiger partial charge in [0.05, 0.1) is 5.52 Å². The largest absolute Gasteiger partial charge is 0.334 e. The zero-order valence-corrected chi connectivity index (χ0v) is 8.71. The van der Waals surface area contributed by atoms with E-state index in [4.69, 9.17) is 4.52 Å². The fourth-order valence-corrected chi connectivity index (χ4v) is 1.61. The summed E-state index contributed by atoms with van der Waals surface area (Å²) in [5, 5.41) is 4.87. The van der Waals surface area contributed by atoms with E-state index in [-0.39, 0.29) is 0 Å². The van der Waals surface area contributed by atoms with Gasteiger partial charge in [-0.15, -0.1) is 0 Å². The van der Waals surface area contributed by atoms with Crippen LogP contribution in [0.1, 0.15) is 5.82 Å². The minimum Gasteiger partial charge on any atom is -0.334 e. The molecule has 0 aliphatic rings. The first-order valence-corrected chi connectivity index (χ1v) is 4.98. The average Bonchev–Trinajstić information content (AvgIpc) is 2.75. The van der Waals surface area contributed by atoms with Crippen molar-refractivity contribution < 1.29 is 4.52 Å². The van der Waals surface area contributed by atoms with Gasteiger partial charge in [-0.2, -0.15) is 4.98 Å². The molecule has 0 atom stereocenters. The molecule has 0 unspecified atom stereocenters. The molecule has 0 saturated carbocycles. The van der Waals surface area contributed by atoms with Gasteiger partial charge in [0, 0.05) is 17.1 Å². The molecule has 4 nitrogen and oxygen atoms in total. The van der Waals surface area contributed by atoms with Crippen molar-refractivity contribution in [3.05, 3.63) is 42.4 Å². The van der Waals surface area contributed by atoms with Crippen LogP contribution in [0.15, 0.2) is 41.1 Å². The Kier molecular flexibility index (Phi) is 1.93. The lowest BCUT2D eigenvalue weighted by Crippen LogP contribution is -1.81. The maximum Gasteiger partial charge on any atom is 0.257 e. The van der Waals surface area contributed by atoms with E-state index in [1.807, 2.05) is 30.3 Å². The van der Waals surface area contributed by atoms with Crippen LogP contribution in [0.5, 0.6) is 0 Å². The van der Waals surface area contributed by atoms with Crippen LogP contribution >= 0.6 is 0 Å². The third-order valence-electron chi connectivity index (χ3n) is 2.38. The molecule has 2 aromatic heterocycles. The second-order valence-electron chi connectivity index (χ2n) is 3.56. The van der Waals surface area contributed by atoms with Gasteiger partial charge in [0.15, 0.2) is 5.82 Å². The number of rotatable bonds is 1. The van der Waals surface area contributed by atoms with Crippen molar-refractivity contribution in [2.45, 2.75) is 6.92 Å². The van der Waals surface area contributed by atoms with Gasteiger partial charge in [-0.1, -0.05) is 17.3 Å². The van der Waals surface area contributed by atoms with Gasteiger partial charge in [0.1, 0.15) is 0 Å². The van der Waals surface area contributed by atoms with Gasteiger partial charge < -0.3 is 4.52 Å². The lowest BCUT2D eigenvalue weighted by atomic mass is 10.1. The first-order valence-electron chi connectivity index (χ1n) is 4.98. The number of aromatic nitrogens is 3. The number of nitrogens with zero attached hydrogens (tertiary/aromatic N) is 3. The quantitative estimate of drug-likeness (QED) is 0.620. The Morgan fingerprint density at radius 1 is 1.19 bits per heavy atom. The van der Waals surface area contributed by atoms with Gasteiger partial charge in [0.25, 0.3) is 5.89 Å². The first-order chi connectivity index (χ1) is 7.83. The Morgan fingerprint density at radius 3 is 2.94 bits per heavy atom. The number of hydrogen-bond acceptors (Lipinski definition) is 4. The van der Waals surface area contributed by atoms with Crippen LogP contribution in [0.4, 0.5) is 0 Å². The van der Waals surface area contributed by atoms with Crippen LogP contribution in [-0.4, -0.2) is 15.1 Å². The maximum atomic E-state index is 5.11. The molecular weight excluding hydrogens is 202 g/mol. The molecule has 0 aliphatic heterocycles. The molecule has 16 heavy (non-hydrogen) atoms. The molecule has 0 radical (unpaired) electrons. The Hall–Kier alpha value is -2.23. The van der Waals surface area contributed by atoms with Crippen molar-refractivity contribution in [3.8, 4) is 11.5 Å². The summed E-state index contributed by atoms with van der Waals surface area (Å²) in [4.78, 5) is 8.47. The zero-order chi connectivity index (χ0) is 11.0. The third-order valence-corrected chi connectivity index (χ3v) is 2.38. The molecule has 0 amide bonds. The second-order valence-corrected chi connectivity index (χ2v) is 3.56. The van der Waals surface area contributed by atoms with Crippen molar-refractivity contribution in [2.24, 2.45) is 0 Å². The summed E-state index contributed by atoms with van der Waals surface area (Å²) >= 11 is 0. The monoisotopic (exact) mass is 211 g/mol. The van der Waals surface area contributed by atoms with Gasteiger partial charge in [0.2, 0.25) is 0 Å². The molecular formula is C12H9N3O. The molecule has 1 aromatic carbocycles. The Labute approximate surface area is 91.9 Å². The van der Waals surface area contributed by atoms with Crippen LogP contribution in [-0.2, 0) is 0 Å². The van der Waals surface area contributed by atoms with E-state index in [2.05, 4.69) is 15.1 Å².